The second kappa shape index (κ2) is 8.33. The highest BCUT2D eigenvalue weighted by Crippen LogP contribution is 2.31. The van der Waals surface area contributed by atoms with E-state index in [9.17, 15) is 9.90 Å². The van der Waals surface area contributed by atoms with Crippen LogP contribution in [-0.2, 0) is 4.79 Å². The minimum atomic E-state index is -0.657. The maximum absolute atomic E-state index is 12.2. The molecule has 0 spiro atoms. The average molecular weight is 303 g/mol. The Morgan fingerprint density at radius 2 is 1.82 bits per heavy atom. The van der Waals surface area contributed by atoms with Crippen LogP contribution >= 0.6 is 0 Å². The van der Waals surface area contributed by atoms with Gasteiger partial charge in [0, 0.05) is 6.42 Å². The number of amides is 1. The Bertz CT molecular complexity index is 454. The molecule has 22 heavy (non-hydrogen) atoms. The topological polar surface area (TPSA) is 49.3 Å². The Hall–Kier alpha value is -1.35. The van der Waals surface area contributed by atoms with E-state index in [0.717, 1.165) is 5.56 Å². The second-order valence-corrected chi connectivity index (χ2v) is 6.79. The quantitative estimate of drug-likeness (QED) is 0.839. The first-order valence-electron chi connectivity index (χ1n) is 8.60. The zero-order valence-corrected chi connectivity index (χ0v) is 13.8. The van der Waals surface area contributed by atoms with Crippen molar-refractivity contribution in [3.8, 4) is 0 Å². The SMILES string of the molecule is CC(CC(=O)NC(C)C(O)c1ccccc1)C1CCCCC1. The third-order valence-corrected chi connectivity index (χ3v) is 4.97. The molecule has 0 aromatic heterocycles. The van der Waals surface area contributed by atoms with Crippen molar-refractivity contribution in [3.05, 3.63) is 35.9 Å². The smallest absolute Gasteiger partial charge is 0.220 e. The molecular weight excluding hydrogens is 274 g/mol. The fraction of sp³-hybridized carbons (Fsp3) is 0.632. The molecule has 2 N–H and O–H groups in total. The van der Waals surface area contributed by atoms with Crippen LogP contribution < -0.4 is 5.32 Å². The van der Waals surface area contributed by atoms with Crippen molar-refractivity contribution in [2.45, 2.75) is 64.5 Å². The molecule has 3 heteroatoms. The van der Waals surface area contributed by atoms with Crippen LogP contribution in [0.1, 0.15) is 64.0 Å². The molecule has 3 nitrogen and oxygen atoms in total. The lowest BCUT2D eigenvalue weighted by molar-refractivity contribution is -0.123. The van der Waals surface area contributed by atoms with Gasteiger partial charge < -0.3 is 10.4 Å². The molecule has 1 amide bonds. The molecular formula is C19H29NO2. The van der Waals surface area contributed by atoms with Gasteiger partial charge in [-0.15, -0.1) is 0 Å². The highest BCUT2D eigenvalue weighted by molar-refractivity contribution is 5.76. The van der Waals surface area contributed by atoms with Gasteiger partial charge in [-0.3, -0.25) is 4.79 Å². The van der Waals surface area contributed by atoms with E-state index in [-0.39, 0.29) is 11.9 Å². The molecule has 1 aromatic rings. The van der Waals surface area contributed by atoms with E-state index in [1.807, 2.05) is 37.3 Å². The third kappa shape index (κ3) is 4.84. The molecule has 1 fully saturated rings. The van der Waals surface area contributed by atoms with Gasteiger partial charge in [0.1, 0.15) is 0 Å². The first-order chi connectivity index (χ1) is 10.6. The largest absolute Gasteiger partial charge is 0.386 e. The molecule has 122 valence electrons. The summed E-state index contributed by atoms with van der Waals surface area (Å²) in [5, 5.41) is 13.3. The molecule has 1 aliphatic rings. The van der Waals surface area contributed by atoms with Gasteiger partial charge in [0.2, 0.25) is 5.91 Å². The van der Waals surface area contributed by atoms with Crippen LogP contribution in [0.25, 0.3) is 0 Å². The summed E-state index contributed by atoms with van der Waals surface area (Å²) >= 11 is 0. The van der Waals surface area contributed by atoms with Gasteiger partial charge >= 0.3 is 0 Å². The summed E-state index contributed by atoms with van der Waals surface area (Å²) in [7, 11) is 0. The van der Waals surface area contributed by atoms with Crippen LogP contribution in [-0.4, -0.2) is 17.1 Å². The summed E-state index contributed by atoms with van der Waals surface area (Å²) in [4.78, 5) is 12.2. The summed E-state index contributed by atoms with van der Waals surface area (Å²) < 4.78 is 0. The maximum Gasteiger partial charge on any atom is 0.220 e. The number of aliphatic hydroxyl groups excluding tert-OH is 1. The summed E-state index contributed by atoms with van der Waals surface area (Å²) in [5.74, 6) is 1.18. The van der Waals surface area contributed by atoms with Gasteiger partial charge in [0.05, 0.1) is 12.1 Å². The zero-order valence-electron chi connectivity index (χ0n) is 13.8. The number of aliphatic hydroxyl groups is 1. The minimum Gasteiger partial charge on any atom is -0.386 e. The molecule has 0 heterocycles. The lowest BCUT2D eigenvalue weighted by Crippen LogP contribution is -2.38. The number of nitrogens with one attached hydrogen (secondary N) is 1. The van der Waals surface area contributed by atoms with Crippen LogP contribution in [0.2, 0.25) is 0 Å². The number of carbonyl (C=O) groups is 1. The fourth-order valence-electron chi connectivity index (χ4n) is 3.49. The summed E-state index contributed by atoms with van der Waals surface area (Å²) in [6.07, 6.45) is 6.38. The average Bonchev–Trinajstić information content (AvgIpc) is 2.55. The van der Waals surface area contributed by atoms with Crippen LogP contribution in [0, 0.1) is 11.8 Å². The lowest BCUT2D eigenvalue weighted by Gasteiger charge is -2.28. The van der Waals surface area contributed by atoms with Crippen LogP contribution in [0.4, 0.5) is 0 Å². The van der Waals surface area contributed by atoms with E-state index in [0.29, 0.717) is 18.3 Å². The van der Waals surface area contributed by atoms with Crippen molar-refractivity contribution in [3.63, 3.8) is 0 Å². The summed E-state index contributed by atoms with van der Waals surface area (Å²) in [6.45, 7) is 4.05. The Balaban J connectivity index is 1.80. The first-order valence-corrected chi connectivity index (χ1v) is 8.60. The minimum absolute atomic E-state index is 0.0561. The van der Waals surface area contributed by atoms with Gasteiger partial charge in [-0.25, -0.2) is 0 Å². The van der Waals surface area contributed by atoms with Crippen molar-refractivity contribution in [2.24, 2.45) is 11.8 Å². The number of rotatable bonds is 6. The van der Waals surface area contributed by atoms with E-state index in [4.69, 9.17) is 0 Å². The van der Waals surface area contributed by atoms with Gasteiger partial charge in [-0.05, 0) is 24.3 Å². The van der Waals surface area contributed by atoms with Crippen molar-refractivity contribution in [1.82, 2.24) is 5.32 Å². The Morgan fingerprint density at radius 1 is 1.18 bits per heavy atom. The highest BCUT2D eigenvalue weighted by Gasteiger charge is 2.24. The van der Waals surface area contributed by atoms with Crippen molar-refractivity contribution in [1.29, 1.82) is 0 Å². The van der Waals surface area contributed by atoms with E-state index < -0.39 is 6.10 Å². The lowest BCUT2D eigenvalue weighted by atomic mass is 9.79. The normalized spacial score (nSPS) is 20.1. The summed E-state index contributed by atoms with van der Waals surface area (Å²) in [5.41, 5.74) is 0.843. The number of hydrogen-bond acceptors (Lipinski definition) is 2. The zero-order chi connectivity index (χ0) is 15.9. The van der Waals surface area contributed by atoms with Crippen LogP contribution in [0.5, 0.6) is 0 Å². The van der Waals surface area contributed by atoms with Gasteiger partial charge in [-0.1, -0.05) is 69.4 Å². The molecule has 0 radical (unpaired) electrons. The molecule has 2 rings (SSSR count). The predicted molar refractivity (Wildman–Crippen MR) is 89.4 cm³/mol. The summed E-state index contributed by atoms with van der Waals surface area (Å²) in [6, 6.07) is 9.23. The highest BCUT2D eigenvalue weighted by atomic mass is 16.3. The molecule has 0 aliphatic heterocycles. The Labute approximate surface area is 134 Å². The number of benzene rings is 1. The molecule has 1 saturated carbocycles. The molecule has 1 aromatic carbocycles. The second-order valence-electron chi connectivity index (χ2n) is 6.79. The predicted octanol–water partition coefficient (Wildman–Crippen LogP) is 3.83. The van der Waals surface area contributed by atoms with Gasteiger partial charge in [0.25, 0.3) is 0 Å². The molecule has 0 bridgehead atoms. The molecule has 1 aliphatic carbocycles. The Morgan fingerprint density at radius 3 is 2.45 bits per heavy atom. The van der Waals surface area contributed by atoms with E-state index >= 15 is 0 Å². The van der Waals surface area contributed by atoms with Gasteiger partial charge in [-0.2, -0.15) is 0 Å². The first kappa shape index (κ1) is 17.0. The van der Waals surface area contributed by atoms with E-state index in [1.165, 1.54) is 32.1 Å². The van der Waals surface area contributed by atoms with Crippen molar-refractivity contribution < 1.29 is 9.90 Å². The molecule has 3 unspecified atom stereocenters. The number of hydrogen-bond donors (Lipinski definition) is 2. The fourth-order valence-corrected chi connectivity index (χ4v) is 3.49. The van der Waals surface area contributed by atoms with E-state index in [1.54, 1.807) is 0 Å². The molecule has 0 saturated heterocycles. The maximum atomic E-state index is 12.2. The number of carbonyl (C=O) groups excluding carboxylic acids is 1. The monoisotopic (exact) mass is 303 g/mol. The van der Waals surface area contributed by atoms with E-state index in [2.05, 4.69) is 12.2 Å². The third-order valence-electron chi connectivity index (χ3n) is 4.97. The van der Waals surface area contributed by atoms with Gasteiger partial charge in [0.15, 0.2) is 0 Å². The van der Waals surface area contributed by atoms with Crippen molar-refractivity contribution in [2.75, 3.05) is 0 Å². The van der Waals surface area contributed by atoms with Crippen LogP contribution in [0.15, 0.2) is 30.3 Å². The Kier molecular flexibility index (Phi) is 6.44. The standard InChI is InChI=1S/C19H29NO2/c1-14(16-9-5-3-6-10-16)13-18(21)20-15(2)19(22)17-11-7-4-8-12-17/h4,7-8,11-12,14-16,19,22H,3,5-6,9-10,13H2,1-2H3,(H,20,21). The molecule has 3 atom stereocenters. The van der Waals surface area contributed by atoms with Crippen molar-refractivity contribution >= 4 is 5.91 Å². The van der Waals surface area contributed by atoms with Crippen LogP contribution in [0.3, 0.4) is 0 Å².